The van der Waals surface area contributed by atoms with Gasteiger partial charge in [0.1, 0.15) is 5.75 Å². The van der Waals surface area contributed by atoms with Crippen LogP contribution in [0.25, 0.3) is 0 Å². The molecule has 1 atom stereocenters. The molecule has 1 amide bonds. The van der Waals surface area contributed by atoms with Gasteiger partial charge in [-0.2, -0.15) is 0 Å². The van der Waals surface area contributed by atoms with E-state index in [0.29, 0.717) is 0 Å². The van der Waals surface area contributed by atoms with E-state index in [1.54, 1.807) is 13.2 Å². The van der Waals surface area contributed by atoms with E-state index in [1.165, 1.54) is 5.41 Å². The van der Waals surface area contributed by atoms with Crippen molar-refractivity contribution in [3.8, 4) is 5.75 Å². The van der Waals surface area contributed by atoms with Crippen LogP contribution in [0.3, 0.4) is 0 Å². The zero-order valence-electron chi connectivity index (χ0n) is 13.1. The minimum atomic E-state index is -3.17. The molecule has 23 heavy (non-hydrogen) atoms. The summed E-state index contributed by atoms with van der Waals surface area (Å²) < 4.78 is 28.2. The topological polar surface area (TPSA) is 72.5 Å². The molecule has 1 aromatic rings. The zero-order chi connectivity index (χ0) is 16.5. The molecule has 0 radical (unpaired) electrons. The molecule has 1 aliphatic carbocycles. The van der Waals surface area contributed by atoms with Crippen LogP contribution in [0.15, 0.2) is 35.7 Å². The summed E-state index contributed by atoms with van der Waals surface area (Å²) >= 11 is 0. The monoisotopic (exact) mass is 335 g/mol. The number of rotatable bonds is 4. The van der Waals surface area contributed by atoms with E-state index in [2.05, 4.69) is 5.32 Å². The fourth-order valence-corrected chi connectivity index (χ4v) is 4.74. The van der Waals surface area contributed by atoms with E-state index in [9.17, 15) is 13.2 Å². The molecule has 1 aliphatic heterocycles. The van der Waals surface area contributed by atoms with E-state index in [1.807, 2.05) is 24.3 Å². The van der Waals surface area contributed by atoms with Gasteiger partial charge in [-0.1, -0.05) is 25.0 Å². The van der Waals surface area contributed by atoms with Crippen molar-refractivity contribution in [1.82, 2.24) is 5.32 Å². The van der Waals surface area contributed by atoms with Gasteiger partial charge in [0.2, 0.25) is 5.91 Å². The molecule has 0 bridgehead atoms. The molecule has 0 unspecified atom stereocenters. The van der Waals surface area contributed by atoms with Gasteiger partial charge in [-0.3, -0.25) is 4.79 Å². The van der Waals surface area contributed by atoms with Gasteiger partial charge < -0.3 is 10.1 Å². The van der Waals surface area contributed by atoms with Crippen LogP contribution in [0.4, 0.5) is 0 Å². The van der Waals surface area contributed by atoms with Crippen molar-refractivity contribution in [1.29, 1.82) is 0 Å². The second-order valence-corrected chi connectivity index (χ2v) is 8.19. The van der Waals surface area contributed by atoms with Crippen LogP contribution < -0.4 is 10.1 Å². The summed E-state index contributed by atoms with van der Waals surface area (Å²) in [5.74, 6) is 0.635. The maximum atomic E-state index is 12.9. The lowest BCUT2D eigenvalue weighted by Crippen LogP contribution is -2.47. The Morgan fingerprint density at radius 2 is 1.87 bits per heavy atom. The van der Waals surface area contributed by atoms with Crippen molar-refractivity contribution < 1.29 is 17.9 Å². The third-order valence-electron chi connectivity index (χ3n) is 4.78. The van der Waals surface area contributed by atoms with Gasteiger partial charge in [0, 0.05) is 5.41 Å². The molecule has 1 heterocycles. The molecular formula is C17H21NO4S. The lowest BCUT2D eigenvalue weighted by molar-refractivity contribution is -0.127. The van der Waals surface area contributed by atoms with Gasteiger partial charge in [-0.25, -0.2) is 8.42 Å². The van der Waals surface area contributed by atoms with Gasteiger partial charge in [-0.05, 0) is 36.6 Å². The van der Waals surface area contributed by atoms with Gasteiger partial charge >= 0.3 is 0 Å². The quantitative estimate of drug-likeness (QED) is 0.912. The van der Waals surface area contributed by atoms with E-state index >= 15 is 0 Å². The average Bonchev–Trinajstić information content (AvgIpc) is 3.15. The lowest BCUT2D eigenvalue weighted by atomic mass is 9.78. The minimum Gasteiger partial charge on any atom is -0.497 e. The van der Waals surface area contributed by atoms with Gasteiger partial charge in [-0.15, -0.1) is 0 Å². The number of carbonyl (C=O) groups is 1. The van der Waals surface area contributed by atoms with Crippen LogP contribution in [0.1, 0.15) is 31.2 Å². The lowest BCUT2D eigenvalue weighted by Gasteiger charge is -2.29. The molecular weight excluding hydrogens is 314 g/mol. The highest BCUT2D eigenvalue weighted by atomic mass is 32.2. The molecule has 0 spiro atoms. The molecule has 124 valence electrons. The number of amides is 1. The van der Waals surface area contributed by atoms with Gasteiger partial charge in [0.05, 0.1) is 24.3 Å². The Hall–Kier alpha value is -1.82. The Bertz CT molecular complexity index is 715. The first-order chi connectivity index (χ1) is 11.0. The van der Waals surface area contributed by atoms with Gasteiger partial charge in [0.25, 0.3) is 0 Å². The summed E-state index contributed by atoms with van der Waals surface area (Å²) in [6.07, 6.45) is 5.13. The smallest absolute Gasteiger partial charge is 0.231 e. The predicted molar refractivity (Wildman–Crippen MR) is 88.0 cm³/mol. The van der Waals surface area contributed by atoms with Crippen LogP contribution in [0.5, 0.6) is 5.75 Å². The minimum absolute atomic E-state index is 0.0442. The fraction of sp³-hybridized carbons (Fsp3) is 0.471. The molecule has 0 saturated heterocycles. The summed E-state index contributed by atoms with van der Waals surface area (Å²) in [6.45, 7) is 0. The summed E-state index contributed by atoms with van der Waals surface area (Å²) in [4.78, 5) is 12.9. The Labute approximate surface area is 136 Å². The molecule has 0 aromatic heterocycles. The van der Waals surface area contributed by atoms with Crippen molar-refractivity contribution in [3.05, 3.63) is 41.3 Å². The Kier molecular flexibility index (Phi) is 4.19. The van der Waals surface area contributed by atoms with E-state index in [0.717, 1.165) is 37.0 Å². The van der Waals surface area contributed by atoms with Crippen LogP contribution in [-0.4, -0.2) is 33.2 Å². The van der Waals surface area contributed by atoms with Crippen molar-refractivity contribution in [2.45, 2.75) is 37.1 Å². The third kappa shape index (κ3) is 3.13. The number of methoxy groups -OCH3 is 1. The predicted octanol–water partition coefficient (Wildman–Crippen LogP) is 1.93. The van der Waals surface area contributed by atoms with Crippen LogP contribution in [0, 0.1) is 0 Å². The maximum absolute atomic E-state index is 12.9. The average molecular weight is 335 g/mol. The normalized spacial score (nSPS) is 24.5. The summed E-state index contributed by atoms with van der Waals surface area (Å²) in [6, 6.07) is 7.17. The van der Waals surface area contributed by atoms with E-state index in [-0.39, 0.29) is 11.7 Å². The van der Waals surface area contributed by atoms with Crippen LogP contribution in [-0.2, 0) is 20.0 Å². The van der Waals surface area contributed by atoms with E-state index in [4.69, 9.17) is 4.74 Å². The van der Waals surface area contributed by atoms with Crippen molar-refractivity contribution >= 4 is 15.7 Å². The van der Waals surface area contributed by atoms with E-state index < -0.39 is 21.3 Å². The van der Waals surface area contributed by atoms with Crippen molar-refractivity contribution in [2.75, 3.05) is 12.9 Å². The van der Waals surface area contributed by atoms with Crippen molar-refractivity contribution in [3.63, 3.8) is 0 Å². The Morgan fingerprint density at radius 1 is 1.22 bits per heavy atom. The molecule has 1 aromatic carbocycles. The van der Waals surface area contributed by atoms with Crippen LogP contribution >= 0.6 is 0 Å². The molecule has 6 heteroatoms. The Balaban J connectivity index is 1.82. The summed E-state index contributed by atoms with van der Waals surface area (Å²) in [5.41, 5.74) is 0.407. The SMILES string of the molecule is COc1ccc(C2(C(=O)N[C@@H]3C=CS(=O)(=O)C3)CCCC2)cc1. The standard InChI is InChI=1S/C17H21NO4S/c1-22-15-6-4-13(5-7-15)17(9-2-3-10-17)16(19)18-14-8-11-23(20,21)12-14/h4-8,11,14H,2-3,9-10,12H2,1H3,(H,18,19)/t14-/m1/s1. The number of ether oxygens (including phenoxy) is 1. The highest BCUT2D eigenvalue weighted by Gasteiger charge is 2.43. The second-order valence-electron chi connectivity index (χ2n) is 6.26. The highest BCUT2D eigenvalue weighted by molar-refractivity contribution is 7.94. The fourth-order valence-electron chi connectivity index (χ4n) is 3.51. The number of benzene rings is 1. The number of hydrogen-bond acceptors (Lipinski definition) is 4. The third-order valence-corrected chi connectivity index (χ3v) is 6.18. The maximum Gasteiger partial charge on any atom is 0.231 e. The zero-order valence-corrected chi connectivity index (χ0v) is 13.9. The molecule has 1 N–H and O–H groups in total. The molecule has 5 nitrogen and oxygen atoms in total. The molecule has 1 fully saturated rings. The first-order valence-corrected chi connectivity index (χ1v) is 9.53. The summed E-state index contributed by atoms with van der Waals surface area (Å²) in [7, 11) is -1.56. The second kappa shape index (κ2) is 6.00. The molecule has 3 rings (SSSR count). The molecule has 2 aliphatic rings. The number of hydrogen-bond donors (Lipinski definition) is 1. The first-order valence-electron chi connectivity index (χ1n) is 7.82. The van der Waals surface area contributed by atoms with Gasteiger partial charge in [0.15, 0.2) is 9.84 Å². The first kappa shape index (κ1) is 16.1. The number of carbonyl (C=O) groups excluding carboxylic acids is 1. The number of nitrogens with one attached hydrogen (secondary N) is 1. The summed E-state index contributed by atoms with van der Waals surface area (Å²) in [5, 5.41) is 4.10. The molecule has 1 saturated carbocycles. The Morgan fingerprint density at radius 3 is 2.39 bits per heavy atom. The number of sulfone groups is 1. The highest BCUT2D eigenvalue weighted by Crippen LogP contribution is 2.42. The van der Waals surface area contributed by atoms with Crippen molar-refractivity contribution in [2.24, 2.45) is 0 Å². The largest absolute Gasteiger partial charge is 0.497 e. The van der Waals surface area contributed by atoms with Crippen LogP contribution in [0.2, 0.25) is 0 Å².